The standard InChI is InChI=1S/C19H17ClN4O/c1-13-5-4-7-15(9-13)24-18-10-17(22-12-23-18)19(25)21-11-14-6-2-3-8-16(14)20/h2-10,12H,11H2,1H3,(H,21,25)(H,22,23,24). The lowest BCUT2D eigenvalue weighted by Gasteiger charge is -2.09. The molecule has 0 fully saturated rings. The van der Waals surface area contributed by atoms with Crippen LogP contribution in [0, 0.1) is 6.92 Å². The van der Waals surface area contributed by atoms with Crippen LogP contribution < -0.4 is 10.6 Å². The summed E-state index contributed by atoms with van der Waals surface area (Å²) >= 11 is 6.10. The van der Waals surface area contributed by atoms with Gasteiger partial charge in [0.15, 0.2) is 0 Å². The SMILES string of the molecule is Cc1cccc(Nc2cc(C(=O)NCc3ccccc3Cl)ncn2)c1. The molecule has 0 spiro atoms. The molecule has 1 amide bonds. The van der Waals surface area contributed by atoms with E-state index in [4.69, 9.17) is 11.6 Å². The van der Waals surface area contributed by atoms with E-state index in [1.807, 2.05) is 49.4 Å². The fourth-order valence-electron chi connectivity index (χ4n) is 2.33. The van der Waals surface area contributed by atoms with Crippen LogP contribution in [-0.2, 0) is 6.54 Å². The molecule has 0 bridgehead atoms. The Balaban J connectivity index is 1.68. The van der Waals surface area contributed by atoms with Crippen LogP contribution in [0.15, 0.2) is 60.9 Å². The molecule has 1 aromatic heterocycles. The minimum atomic E-state index is -0.283. The molecule has 1 heterocycles. The summed E-state index contributed by atoms with van der Waals surface area (Å²) in [5, 5.41) is 6.60. The highest BCUT2D eigenvalue weighted by Crippen LogP contribution is 2.17. The van der Waals surface area contributed by atoms with Crippen LogP contribution in [0.25, 0.3) is 0 Å². The van der Waals surface area contributed by atoms with Crippen LogP contribution >= 0.6 is 11.6 Å². The molecule has 25 heavy (non-hydrogen) atoms. The lowest BCUT2D eigenvalue weighted by atomic mass is 10.2. The second kappa shape index (κ2) is 7.77. The van der Waals surface area contributed by atoms with Gasteiger partial charge in [0.2, 0.25) is 0 Å². The molecule has 0 radical (unpaired) electrons. The van der Waals surface area contributed by atoms with E-state index in [1.54, 1.807) is 12.1 Å². The summed E-state index contributed by atoms with van der Waals surface area (Å²) < 4.78 is 0. The zero-order chi connectivity index (χ0) is 17.6. The Bertz CT molecular complexity index is 898. The smallest absolute Gasteiger partial charge is 0.270 e. The zero-order valence-electron chi connectivity index (χ0n) is 13.7. The number of nitrogens with one attached hydrogen (secondary N) is 2. The highest BCUT2D eigenvalue weighted by atomic mass is 35.5. The van der Waals surface area contributed by atoms with Crippen LogP contribution in [0.1, 0.15) is 21.6 Å². The topological polar surface area (TPSA) is 66.9 Å². The number of anilines is 2. The molecule has 6 heteroatoms. The monoisotopic (exact) mass is 352 g/mol. The van der Waals surface area contributed by atoms with Crippen molar-refractivity contribution in [3.05, 3.63) is 82.8 Å². The Morgan fingerprint density at radius 2 is 1.92 bits per heavy atom. The van der Waals surface area contributed by atoms with Crippen LogP contribution in [0.4, 0.5) is 11.5 Å². The summed E-state index contributed by atoms with van der Waals surface area (Å²) in [6.45, 7) is 2.35. The Kier molecular flexibility index (Phi) is 5.26. The van der Waals surface area contributed by atoms with Crippen molar-refractivity contribution in [2.75, 3.05) is 5.32 Å². The van der Waals surface area contributed by atoms with Gasteiger partial charge in [0.05, 0.1) is 0 Å². The first-order valence-electron chi connectivity index (χ1n) is 7.79. The van der Waals surface area contributed by atoms with Gasteiger partial charge in [0.25, 0.3) is 5.91 Å². The fraction of sp³-hybridized carbons (Fsp3) is 0.105. The van der Waals surface area contributed by atoms with E-state index in [9.17, 15) is 4.79 Å². The number of rotatable bonds is 5. The van der Waals surface area contributed by atoms with Crippen molar-refractivity contribution in [2.24, 2.45) is 0 Å². The number of hydrogen-bond acceptors (Lipinski definition) is 4. The fourth-order valence-corrected chi connectivity index (χ4v) is 2.53. The summed E-state index contributed by atoms with van der Waals surface area (Å²) in [5.41, 5.74) is 3.18. The molecule has 126 valence electrons. The van der Waals surface area contributed by atoms with Gasteiger partial charge in [0, 0.05) is 23.3 Å². The van der Waals surface area contributed by atoms with Crippen molar-refractivity contribution in [3.63, 3.8) is 0 Å². The first kappa shape index (κ1) is 16.9. The zero-order valence-corrected chi connectivity index (χ0v) is 14.4. The van der Waals surface area contributed by atoms with E-state index in [2.05, 4.69) is 20.6 Å². The number of aryl methyl sites for hydroxylation is 1. The molecular weight excluding hydrogens is 336 g/mol. The predicted molar refractivity (Wildman–Crippen MR) is 99.1 cm³/mol. The summed E-state index contributed by atoms with van der Waals surface area (Å²) in [4.78, 5) is 20.5. The number of carbonyl (C=O) groups is 1. The number of halogens is 1. The second-order valence-corrected chi connectivity index (χ2v) is 5.96. The van der Waals surface area contributed by atoms with Gasteiger partial charge in [-0.15, -0.1) is 0 Å². The summed E-state index contributed by atoms with van der Waals surface area (Å²) in [5.74, 6) is 0.276. The number of aromatic nitrogens is 2. The maximum absolute atomic E-state index is 12.3. The van der Waals surface area contributed by atoms with Crippen molar-refractivity contribution in [1.29, 1.82) is 0 Å². The van der Waals surface area contributed by atoms with Crippen LogP contribution in [0.5, 0.6) is 0 Å². The van der Waals surface area contributed by atoms with Crippen molar-refractivity contribution < 1.29 is 4.79 Å². The summed E-state index contributed by atoms with van der Waals surface area (Å²) in [6, 6.07) is 16.9. The Hall–Kier alpha value is -2.92. The van der Waals surface area contributed by atoms with E-state index < -0.39 is 0 Å². The van der Waals surface area contributed by atoms with E-state index in [1.165, 1.54) is 6.33 Å². The average Bonchev–Trinajstić information content (AvgIpc) is 2.61. The van der Waals surface area contributed by atoms with E-state index in [0.717, 1.165) is 16.8 Å². The quantitative estimate of drug-likeness (QED) is 0.725. The van der Waals surface area contributed by atoms with Gasteiger partial charge in [-0.25, -0.2) is 9.97 Å². The van der Waals surface area contributed by atoms with E-state index in [0.29, 0.717) is 17.4 Å². The van der Waals surface area contributed by atoms with Gasteiger partial charge in [-0.2, -0.15) is 0 Å². The molecule has 0 saturated carbocycles. The van der Waals surface area contributed by atoms with Crippen molar-refractivity contribution in [3.8, 4) is 0 Å². The molecule has 5 nitrogen and oxygen atoms in total. The maximum atomic E-state index is 12.3. The van der Waals surface area contributed by atoms with Gasteiger partial charge >= 0.3 is 0 Å². The molecule has 3 rings (SSSR count). The number of benzene rings is 2. The lowest BCUT2D eigenvalue weighted by molar-refractivity contribution is 0.0946. The highest BCUT2D eigenvalue weighted by Gasteiger charge is 2.09. The number of hydrogen-bond donors (Lipinski definition) is 2. The van der Waals surface area contributed by atoms with Gasteiger partial charge in [-0.05, 0) is 36.2 Å². The molecule has 0 aliphatic rings. The number of amides is 1. The highest BCUT2D eigenvalue weighted by molar-refractivity contribution is 6.31. The van der Waals surface area contributed by atoms with Gasteiger partial charge in [-0.1, -0.05) is 41.9 Å². The number of carbonyl (C=O) groups excluding carboxylic acids is 1. The largest absolute Gasteiger partial charge is 0.347 e. The lowest BCUT2D eigenvalue weighted by Crippen LogP contribution is -2.24. The first-order chi connectivity index (χ1) is 12.1. The molecular formula is C19H17ClN4O. The van der Waals surface area contributed by atoms with Gasteiger partial charge in [0.1, 0.15) is 17.8 Å². The molecule has 0 aliphatic heterocycles. The Morgan fingerprint density at radius 1 is 1.08 bits per heavy atom. The van der Waals surface area contributed by atoms with Crippen molar-refractivity contribution >= 4 is 29.0 Å². The summed E-state index contributed by atoms with van der Waals surface area (Å²) in [6.07, 6.45) is 1.36. The Labute approximate surface area is 151 Å². The molecule has 2 aromatic carbocycles. The van der Waals surface area contributed by atoms with Crippen LogP contribution in [0.3, 0.4) is 0 Å². The normalized spacial score (nSPS) is 10.3. The molecule has 3 aromatic rings. The van der Waals surface area contributed by atoms with Crippen LogP contribution in [0.2, 0.25) is 5.02 Å². The molecule has 0 saturated heterocycles. The second-order valence-electron chi connectivity index (χ2n) is 5.56. The van der Waals surface area contributed by atoms with E-state index >= 15 is 0 Å². The third-order valence-corrected chi connectivity index (χ3v) is 3.96. The minimum Gasteiger partial charge on any atom is -0.347 e. The third-order valence-electron chi connectivity index (χ3n) is 3.59. The molecule has 0 aliphatic carbocycles. The minimum absolute atomic E-state index is 0.283. The van der Waals surface area contributed by atoms with E-state index in [-0.39, 0.29) is 11.6 Å². The molecule has 2 N–H and O–H groups in total. The predicted octanol–water partition coefficient (Wildman–Crippen LogP) is 4.11. The summed E-state index contributed by atoms with van der Waals surface area (Å²) in [7, 11) is 0. The molecule has 0 unspecified atom stereocenters. The van der Waals surface area contributed by atoms with Crippen LogP contribution in [-0.4, -0.2) is 15.9 Å². The first-order valence-corrected chi connectivity index (χ1v) is 8.17. The molecule has 0 atom stereocenters. The van der Waals surface area contributed by atoms with Crippen molar-refractivity contribution in [2.45, 2.75) is 13.5 Å². The van der Waals surface area contributed by atoms with Crippen molar-refractivity contribution in [1.82, 2.24) is 15.3 Å². The van der Waals surface area contributed by atoms with Gasteiger partial charge < -0.3 is 10.6 Å². The Morgan fingerprint density at radius 3 is 2.72 bits per heavy atom. The number of nitrogens with zero attached hydrogens (tertiary/aromatic N) is 2. The third kappa shape index (κ3) is 4.55. The van der Waals surface area contributed by atoms with Gasteiger partial charge in [-0.3, -0.25) is 4.79 Å². The average molecular weight is 353 g/mol. The maximum Gasteiger partial charge on any atom is 0.270 e.